The molecule has 0 spiro atoms. The molecule has 9 heteroatoms. The van der Waals surface area contributed by atoms with Gasteiger partial charge in [-0.25, -0.2) is 19.6 Å². The van der Waals surface area contributed by atoms with E-state index in [0.717, 1.165) is 18.0 Å². The third-order valence-corrected chi connectivity index (χ3v) is 5.69. The van der Waals surface area contributed by atoms with Crippen molar-refractivity contribution in [3.05, 3.63) is 53.8 Å². The second kappa shape index (κ2) is 10.7. The van der Waals surface area contributed by atoms with Crippen molar-refractivity contribution >= 4 is 29.1 Å². The number of nitrogens with zero attached hydrogens (tertiary/aromatic N) is 4. The minimum atomic E-state index is -1.26. The van der Waals surface area contributed by atoms with Crippen LogP contribution in [0.2, 0.25) is 0 Å². The van der Waals surface area contributed by atoms with E-state index < -0.39 is 11.9 Å². The van der Waals surface area contributed by atoms with Crippen LogP contribution < -0.4 is 0 Å². The van der Waals surface area contributed by atoms with Crippen LogP contribution in [-0.2, 0) is 16.1 Å². The smallest absolute Gasteiger partial charge is 0.328 e. The summed E-state index contributed by atoms with van der Waals surface area (Å²) in [4.78, 5) is 33.3. The number of imidazole rings is 1. The number of likely N-dealkylation sites (tertiary alicyclic amines) is 1. The molecule has 0 bridgehead atoms. The van der Waals surface area contributed by atoms with Crippen molar-refractivity contribution in [2.45, 2.75) is 32.2 Å². The van der Waals surface area contributed by atoms with E-state index >= 15 is 0 Å². The fourth-order valence-electron chi connectivity index (χ4n) is 3.21. The number of carboxylic acids is 2. The number of hydrogen-bond acceptors (Lipinski definition) is 6. The van der Waals surface area contributed by atoms with Gasteiger partial charge in [0.2, 0.25) is 5.78 Å². The Hall–Kier alpha value is -3.04. The lowest BCUT2D eigenvalue weighted by molar-refractivity contribution is -0.134. The summed E-state index contributed by atoms with van der Waals surface area (Å²) in [6.45, 7) is 3.56. The summed E-state index contributed by atoms with van der Waals surface area (Å²) in [7, 11) is 0. The SMILES string of the molecule is O=C(O)/C=C/C(=O)O.c1cnc2nc(-c3ccc(CN4CCCCCC4)s3)cn2c1. The number of thiophene rings is 1. The summed E-state index contributed by atoms with van der Waals surface area (Å²) in [5.41, 5.74) is 1.02. The van der Waals surface area contributed by atoms with Crippen molar-refractivity contribution < 1.29 is 19.8 Å². The van der Waals surface area contributed by atoms with Gasteiger partial charge in [0.05, 0.1) is 4.88 Å². The number of rotatable bonds is 5. The van der Waals surface area contributed by atoms with E-state index in [4.69, 9.17) is 10.2 Å². The molecule has 1 aliphatic rings. The van der Waals surface area contributed by atoms with E-state index in [1.807, 2.05) is 28.0 Å². The van der Waals surface area contributed by atoms with Gasteiger partial charge in [0.25, 0.3) is 0 Å². The molecule has 0 saturated carbocycles. The highest BCUT2D eigenvalue weighted by molar-refractivity contribution is 7.15. The molecule has 1 saturated heterocycles. The van der Waals surface area contributed by atoms with Gasteiger partial charge in [-0.1, -0.05) is 12.8 Å². The van der Waals surface area contributed by atoms with Crippen LogP contribution in [0.3, 0.4) is 0 Å². The molecule has 0 atom stereocenters. The van der Waals surface area contributed by atoms with Crippen LogP contribution in [0, 0.1) is 0 Å². The molecular formula is C21H24N4O4S. The first kappa shape index (κ1) is 21.7. The van der Waals surface area contributed by atoms with E-state index in [-0.39, 0.29) is 0 Å². The molecule has 4 heterocycles. The Kier molecular flexibility index (Phi) is 7.69. The highest BCUT2D eigenvalue weighted by Crippen LogP contribution is 2.28. The molecule has 30 heavy (non-hydrogen) atoms. The predicted octanol–water partition coefficient (Wildman–Crippen LogP) is 3.55. The van der Waals surface area contributed by atoms with Crippen LogP contribution in [0.1, 0.15) is 30.6 Å². The summed E-state index contributed by atoms with van der Waals surface area (Å²) in [5, 5.41) is 15.6. The quantitative estimate of drug-likeness (QED) is 0.598. The molecule has 1 aliphatic heterocycles. The average Bonchev–Trinajstić information content (AvgIpc) is 3.28. The van der Waals surface area contributed by atoms with E-state index in [0.29, 0.717) is 12.2 Å². The summed E-state index contributed by atoms with van der Waals surface area (Å²) in [6, 6.07) is 6.37. The molecule has 1 fully saturated rings. The lowest BCUT2D eigenvalue weighted by Gasteiger charge is -2.18. The molecule has 0 aliphatic carbocycles. The van der Waals surface area contributed by atoms with Gasteiger partial charge in [0.1, 0.15) is 5.69 Å². The first-order valence-electron chi connectivity index (χ1n) is 9.76. The highest BCUT2D eigenvalue weighted by atomic mass is 32.1. The van der Waals surface area contributed by atoms with Gasteiger partial charge in [-0.05, 0) is 44.1 Å². The molecule has 0 radical (unpaired) electrons. The normalized spacial score (nSPS) is 14.9. The second-order valence-electron chi connectivity index (χ2n) is 6.92. The van der Waals surface area contributed by atoms with Gasteiger partial charge in [-0.15, -0.1) is 11.3 Å². The van der Waals surface area contributed by atoms with Crippen LogP contribution in [0.4, 0.5) is 0 Å². The minimum Gasteiger partial charge on any atom is -0.478 e. The fourth-order valence-corrected chi connectivity index (χ4v) is 4.21. The molecule has 0 aromatic carbocycles. The van der Waals surface area contributed by atoms with Crippen molar-refractivity contribution in [2.75, 3.05) is 13.1 Å². The molecule has 3 aromatic heterocycles. The van der Waals surface area contributed by atoms with Crippen LogP contribution in [-0.4, -0.2) is 54.5 Å². The molecule has 0 unspecified atom stereocenters. The van der Waals surface area contributed by atoms with Crippen molar-refractivity contribution in [2.24, 2.45) is 0 Å². The maximum atomic E-state index is 9.55. The molecular weight excluding hydrogens is 404 g/mol. The van der Waals surface area contributed by atoms with Crippen molar-refractivity contribution in [1.29, 1.82) is 0 Å². The largest absolute Gasteiger partial charge is 0.478 e. The molecule has 2 N–H and O–H groups in total. The fraction of sp³-hybridized carbons (Fsp3) is 0.333. The summed E-state index contributed by atoms with van der Waals surface area (Å²) >= 11 is 1.86. The Bertz CT molecular complexity index is 970. The van der Waals surface area contributed by atoms with Crippen LogP contribution >= 0.6 is 11.3 Å². The summed E-state index contributed by atoms with van der Waals surface area (Å²) in [5.74, 6) is -1.75. The first-order valence-corrected chi connectivity index (χ1v) is 10.6. The Morgan fingerprint density at radius 3 is 2.40 bits per heavy atom. The van der Waals surface area contributed by atoms with E-state index in [1.165, 1.54) is 48.5 Å². The molecule has 158 valence electrons. The number of aromatic nitrogens is 3. The van der Waals surface area contributed by atoms with E-state index in [2.05, 4.69) is 33.2 Å². The minimum absolute atomic E-state index is 0.558. The number of hydrogen-bond donors (Lipinski definition) is 2. The van der Waals surface area contributed by atoms with Gasteiger partial charge in [0, 0.05) is 42.2 Å². The number of aliphatic carboxylic acids is 2. The molecule has 0 amide bonds. The number of carbonyl (C=O) groups is 2. The van der Waals surface area contributed by atoms with Gasteiger partial charge >= 0.3 is 11.9 Å². The van der Waals surface area contributed by atoms with Crippen molar-refractivity contribution in [3.8, 4) is 10.6 Å². The topological polar surface area (TPSA) is 108 Å². The predicted molar refractivity (Wildman–Crippen MR) is 114 cm³/mol. The zero-order chi connectivity index (χ0) is 21.3. The molecule has 4 rings (SSSR count). The zero-order valence-electron chi connectivity index (χ0n) is 16.5. The third kappa shape index (κ3) is 6.50. The van der Waals surface area contributed by atoms with Gasteiger partial charge < -0.3 is 10.2 Å². The standard InChI is InChI=1S/C17H20N4S.C4H4O4/c1-2-4-10-20(9-3-1)12-14-6-7-16(22-14)15-13-21-11-5-8-18-17(21)19-15;5-3(6)1-2-4(7)8/h5-8,11,13H,1-4,9-10,12H2;1-2H,(H,5,6)(H,7,8)/b;2-1+. The van der Waals surface area contributed by atoms with E-state index in [9.17, 15) is 9.59 Å². The molecule has 8 nitrogen and oxygen atoms in total. The van der Waals surface area contributed by atoms with Crippen LogP contribution in [0.5, 0.6) is 0 Å². The zero-order valence-corrected chi connectivity index (χ0v) is 17.3. The van der Waals surface area contributed by atoms with Crippen molar-refractivity contribution in [3.63, 3.8) is 0 Å². The Balaban J connectivity index is 0.000000275. The maximum absolute atomic E-state index is 9.55. The average molecular weight is 429 g/mol. The summed E-state index contributed by atoms with van der Waals surface area (Å²) in [6.07, 6.45) is 12.4. The lowest BCUT2D eigenvalue weighted by atomic mass is 10.2. The molecule has 3 aromatic rings. The van der Waals surface area contributed by atoms with Gasteiger partial charge in [0.15, 0.2) is 0 Å². The third-order valence-electron chi connectivity index (χ3n) is 4.60. The van der Waals surface area contributed by atoms with E-state index in [1.54, 1.807) is 6.20 Å². The lowest BCUT2D eigenvalue weighted by Crippen LogP contribution is -2.23. The maximum Gasteiger partial charge on any atom is 0.328 e. The van der Waals surface area contributed by atoms with Crippen molar-refractivity contribution in [1.82, 2.24) is 19.3 Å². The first-order chi connectivity index (χ1) is 14.5. The monoisotopic (exact) mass is 428 g/mol. The van der Waals surface area contributed by atoms with Crippen LogP contribution in [0.25, 0.3) is 16.3 Å². The Morgan fingerprint density at radius 1 is 1.07 bits per heavy atom. The van der Waals surface area contributed by atoms with Crippen LogP contribution in [0.15, 0.2) is 48.9 Å². The highest BCUT2D eigenvalue weighted by Gasteiger charge is 2.12. The number of fused-ring (bicyclic) bond motifs is 1. The number of carboxylic acid groups (broad SMARTS) is 2. The summed E-state index contributed by atoms with van der Waals surface area (Å²) < 4.78 is 1.98. The van der Waals surface area contributed by atoms with Gasteiger partial charge in [-0.2, -0.15) is 0 Å². The van der Waals surface area contributed by atoms with Gasteiger partial charge in [-0.3, -0.25) is 9.30 Å². The Labute approximate surface area is 178 Å². The Morgan fingerprint density at radius 2 is 1.77 bits per heavy atom. The second-order valence-corrected chi connectivity index (χ2v) is 8.09.